The zero-order valence-corrected chi connectivity index (χ0v) is 19.1. The molecule has 3 atom stereocenters. The normalized spacial score (nSPS) is 24.1. The van der Waals surface area contributed by atoms with E-state index in [0.717, 1.165) is 0 Å². The monoisotopic (exact) mass is 489 g/mol. The first-order chi connectivity index (χ1) is 17.3. The largest absolute Gasteiger partial charge is 0.454 e. The van der Waals surface area contributed by atoms with Crippen molar-refractivity contribution in [3.63, 3.8) is 0 Å². The molecule has 6 rings (SSSR count). The van der Waals surface area contributed by atoms with Crippen LogP contribution in [-0.4, -0.2) is 41.9 Å². The Morgan fingerprint density at radius 3 is 2.75 bits per heavy atom. The molecule has 3 heterocycles. The Morgan fingerprint density at radius 2 is 1.94 bits per heavy atom. The number of amides is 1. The molecule has 1 fully saturated rings. The molecule has 9 nitrogen and oxygen atoms in total. The molecule has 182 valence electrons. The first-order valence-corrected chi connectivity index (χ1v) is 11.3. The van der Waals surface area contributed by atoms with Gasteiger partial charge in [-0.25, -0.2) is 4.39 Å². The van der Waals surface area contributed by atoms with Crippen LogP contribution in [0.25, 0.3) is 0 Å². The van der Waals surface area contributed by atoms with E-state index in [1.165, 1.54) is 30.3 Å². The summed E-state index contributed by atoms with van der Waals surface area (Å²) >= 11 is 0. The van der Waals surface area contributed by atoms with Gasteiger partial charge in [-0.3, -0.25) is 24.6 Å². The number of nitrogens with zero attached hydrogens (tertiary/aromatic N) is 2. The number of nitrogens with one attached hydrogen (secondary N) is 1. The lowest BCUT2D eigenvalue weighted by Crippen LogP contribution is -2.51. The molecule has 3 aliphatic rings. The fourth-order valence-corrected chi connectivity index (χ4v) is 5.81. The highest BCUT2D eigenvalue weighted by atomic mass is 19.1. The number of ether oxygens (including phenoxy) is 2. The van der Waals surface area contributed by atoms with Gasteiger partial charge in [-0.05, 0) is 49.0 Å². The molecule has 0 aromatic heterocycles. The molecule has 0 radical (unpaired) electrons. The van der Waals surface area contributed by atoms with Gasteiger partial charge in [0.05, 0.1) is 10.8 Å². The van der Waals surface area contributed by atoms with Crippen LogP contribution in [0.5, 0.6) is 11.5 Å². The van der Waals surface area contributed by atoms with Crippen molar-refractivity contribution in [2.24, 2.45) is 5.92 Å². The molecule has 1 amide bonds. The average molecular weight is 489 g/mol. The minimum absolute atomic E-state index is 0.0362. The van der Waals surface area contributed by atoms with Gasteiger partial charge in [0.2, 0.25) is 12.7 Å². The Kier molecular flexibility index (Phi) is 4.84. The fourth-order valence-electron chi connectivity index (χ4n) is 5.81. The van der Waals surface area contributed by atoms with E-state index < -0.39 is 34.0 Å². The quantitative estimate of drug-likeness (QED) is 0.337. The van der Waals surface area contributed by atoms with Gasteiger partial charge in [-0.2, -0.15) is 0 Å². The van der Waals surface area contributed by atoms with Crippen LogP contribution < -0.4 is 14.8 Å². The zero-order chi connectivity index (χ0) is 25.2. The number of halogens is 1. The molecule has 0 unspecified atom stereocenters. The Hall–Kier alpha value is -4.31. The molecule has 3 aromatic rings. The highest BCUT2D eigenvalue weighted by Gasteiger charge is 2.64. The molecule has 1 N–H and O–H groups in total. The number of benzene rings is 3. The molecule has 0 aliphatic carbocycles. The molecule has 0 saturated carbocycles. The second-order valence-electron chi connectivity index (χ2n) is 9.16. The highest BCUT2D eigenvalue weighted by Crippen LogP contribution is 2.56. The van der Waals surface area contributed by atoms with Gasteiger partial charge in [0, 0.05) is 41.4 Å². The number of fused-ring (bicyclic) bond motifs is 3. The summed E-state index contributed by atoms with van der Waals surface area (Å²) in [4.78, 5) is 40.7. The van der Waals surface area contributed by atoms with Crippen LogP contribution in [0.4, 0.5) is 15.8 Å². The van der Waals surface area contributed by atoms with Gasteiger partial charge in [0.15, 0.2) is 17.3 Å². The maximum absolute atomic E-state index is 14.5. The van der Waals surface area contributed by atoms with E-state index in [1.54, 1.807) is 42.3 Å². The number of ketones is 1. The van der Waals surface area contributed by atoms with E-state index in [4.69, 9.17) is 9.47 Å². The third kappa shape index (κ3) is 3.04. The van der Waals surface area contributed by atoms with Crippen molar-refractivity contribution in [2.75, 3.05) is 25.7 Å². The zero-order valence-electron chi connectivity index (χ0n) is 19.1. The van der Waals surface area contributed by atoms with Gasteiger partial charge in [0.25, 0.3) is 5.69 Å². The summed E-state index contributed by atoms with van der Waals surface area (Å²) in [6.07, 6.45) is 0. The number of carbonyl (C=O) groups is 2. The first-order valence-electron chi connectivity index (χ1n) is 11.3. The predicted molar refractivity (Wildman–Crippen MR) is 126 cm³/mol. The molecule has 36 heavy (non-hydrogen) atoms. The third-order valence-corrected chi connectivity index (χ3v) is 7.36. The molecular formula is C26H20FN3O6. The number of hydrogen-bond acceptors (Lipinski definition) is 7. The summed E-state index contributed by atoms with van der Waals surface area (Å²) in [5.74, 6) is -2.02. The van der Waals surface area contributed by atoms with Crippen molar-refractivity contribution in [2.45, 2.75) is 11.5 Å². The topological polar surface area (TPSA) is 111 Å². The number of nitro benzene ring substituents is 1. The highest BCUT2D eigenvalue weighted by molar-refractivity contribution is 6.12. The Balaban J connectivity index is 1.56. The molecule has 1 spiro atoms. The number of likely N-dealkylation sites (N-methyl/N-ethyl adjacent to an activating group) is 1. The number of non-ortho nitro benzene ring substituents is 1. The van der Waals surface area contributed by atoms with Crippen molar-refractivity contribution in [3.05, 3.63) is 93.3 Å². The van der Waals surface area contributed by atoms with E-state index >= 15 is 0 Å². The maximum Gasteiger partial charge on any atom is 0.269 e. The Labute approximate surface area is 204 Å². The van der Waals surface area contributed by atoms with Crippen LogP contribution >= 0.6 is 0 Å². The van der Waals surface area contributed by atoms with E-state index in [1.807, 2.05) is 0 Å². The van der Waals surface area contributed by atoms with Crippen LogP contribution in [-0.2, 0) is 10.3 Å². The maximum atomic E-state index is 14.5. The number of anilines is 1. The first kappa shape index (κ1) is 22.2. The van der Waals surface area contributed by atoms with Crippen LogP contribution in [0.1, 0.15) is 27.4 Å². The lowest BCUT2D eigenvalue weighted by Gasteiger charge is -2.35. The van der Waals surface area contributed by atoms with E-state index in [9.17, 15) is 24.1 Å². The van der Waals surface area contributed by atoms with Crippen LogP contribution in [0, 0.1) is 21.8 Å². The second kappa shape index (κ2) is 7.85. The molecule has 1 saturated heterocycles. The minimum Gasteiger partial charge on any atom is -0.454 e. The van der Waals surface area contributed by atoms with E-state index in [2.05, 4.69) is 5.32 Å². The summed E-state index contributed by atoms with van der Waals surface area (Å²) in [6, 6.07) is 14.9. The summed E-state index contributed by atoms with van der Waals surface area (Å²) in [6.45, 7) is 0.278. The minimum atomic E-state index is -1.51. The second-order valence-corrected chi connectivity index (χ2v) is 9.16. The lowest BCUT2D eigenvalue weighted by molar-refractivity contribution is -0.384. The van der Waals surface area contributed by atoms with Gasteiger partial charge < -0.3 is 14.8 Å². The summed E-state index contributed by atoms with van der Waals surface area (Å²) < 4.78 is 25.3. The van der Waals surface area contributed by atoms with Crippen molar-refractivity contribution < 1.29 is 28.4 Å². The Bertz CT molecular complexity index is 1460. The smallest absolute Gasteiger partial charge is 0.269 e. The summed E-state index contributed by atoms with van der Waals surface area (Å²) in [7, 11) is 1.71. The van der Waals surface area contributed by atoms with Gasteiger partial charge in [-0.15, -0.1) is 0 Å². The number of rotatable bonds is 4. The summed E-state index contributed by atoms with van der Waals surface area (Å²) in [5.41, 5.74) is 0.00280. The van der Waals surface area contributed by atoms with Crippen LogP contribution in [0.15, 0.2) is 60.7 Å². The number of carbonyl (C=O) groups excluding carboxylic acids is 2. The third-order valence-electron chi connectivity index (χ3n) is 7.36. The van der Waals surface area contributed by atoms with Crippen molar-refractivity contribution in [1.82, 2.24) is 4.90 Å². The Morgan fingerprint density at radius 1 is 1.14 bits per heavy atom. The number of nitro groups is 1. The summed E-state index contributed by atoms with van der Waals surface area (Å²) in [5, 5.41) is 14.3. The van der Waals surface area contributed by atoms with Crippen molar-refractivity contribution >= 4 is 23.1 Å². The van der Waals surface area contributed by atoms with Gasteiger partial charge in [0.1, 0.15) is 11.4 Å². The van der Waals surface area contributed by atoms with Crippen molar-refractivity contribution in [1.29, 1.82) is 0 Å². The van der Waals surface area contributed by atoms with Crippen molar-refractivity contribution in [3.8, 4) is 11.5 Å². The van der Waals surface area contributed by atoms with E-state index in [0.29, 0.717) is 33.9 Å². The SMILES string of the molecule is CN1C[C@H](c2cccc([N+](=O)[O-])c2)[C@H](C(=O)c2ccc3c(c2)OCO3)[C@]12C(=O)Nc1ccc(F)cc12. The predicted octanol–water partition coefficient (Wildman–Crippen LogP) is 3.84. The molecule has 10 heteroatoms. The average Bonchev–Trinajstić information content (AvgIpc) is 3.54. The van der Waals surface area contributed by atoms with E-state index in [-0.39, 0.29) is 24.8 Å². The van der Waals surface area contributed by atoms with Crippen LogP contribution in [0.3, 0.4) is 0 Å². The van der Waals surface area contributed by atoms with Crippen LogP contribution in [0.2, 0.25) is 0 Å². The number of hydrogen-bond donors (Lipinski definition) is 1. The molecule has 3 aliphatic heterocycles. The van der Waals surface area contributed by atoms with Gasteiger partial charge in [-0.1, -0.05) is 12.1 Å². The standard InChI is InChI=1S/C26H20FN3O6/c1-29-12-18(14-3-2-4-17(9-14)30(33)34)23(24(31)15-5-8-21-22(10-15)36-13-35-21)26(29)19-11-16(27)6-7-20(19)28-25(26)32/h2-11,18,23H,12-13H2,1H3,(H,28,32)/t18-,23-,26-/m1/s1. The molecule has 0 bridgehead atoms. The lowest BCUT2D eigenvalue weighted by atomic mass is 9.70. The molecule has 3 aromatic carbocycles. The van der Waals surface area contributed by atoms with Gasteiger partial charge >= 0.3 is 0 Å². The fraction of sp³-hybridized carbons (Fsp3) is 0.231. The number of Topliss-reactive ketones (excluding diaryl/α,β-unsaturated/α-hetero) is 1. The molecular weight excluding hydrogens is 469 g/mol. The number of likely N-dealkylation sites (tertiary alicyclic amines) is 1.